The highest BCUT2D eigenvalue weighted by Crippen LogP contribution is 2.52. The standard InChI is InChI=1S/C48H40BN5OSi/c1-48(2,3)32-26-27-50-46(28-32)54-42-29-34(22-24-40(42)53-39-19-12-10-17-37(39)36-16-9-11-18-38(36)49(53)54)55-35-23-25-44-43(30-35)52-31-51(33-14-7-6-8-15-33)41-20-13-21-45(47(41)52)56(44,4)5/h6-30H,1-5H3. The minimum Gasteiger partial charge on any atom is -0.458 e. The van der Waals surface area contributed by atoms with E-state index in [-0.39, 0.29) is 12.4 Å². The smallest absolute Gasteiger partial charge is 0.422 e. The van der Waals surface area contributed by atoms with Crippen LogP contribution in [0, 0.1) is 6.33 Å². The SMILES string of the molecule is CC(C)(C)c1ccnc(N2B3c4ccccc4-c4ccccc4N3c3ccc(Oc4ccc5c(c4)-n4[c-][n+](-c6ccccc6)c6cccc(c64)[Si]5(C)C)cc32)c1. The van der Waals surface area contributed by atoms with Crippen LogP contribution in [0.25, 0.3) is 33.5 Å². The summed E-state index contributed by atoms with van der Waals surface area (Å²) in [5, 5.41) is 2.79. The Morgan fingerprint density at radius 2 is 1.38 bits per heavy atom. The summed E-state index contributed by atoms with van der Waals surface area (Å²) >= 11 is 0. The number of rotatable bonds is 4. The maximum Gasteiger partial charge on any atom is 0.422 e. The predicted molar refractivity (Wildman–Crippen MR) is 231 cm³/mol. The molecule has 6 nitrogen and oxygen atoms in total. The van der Waals surface area contributed by atoms with E-state index >= 15 is 0 Å². The molecule has 0 saturated carbocycles. The van der Waals surface area contributed by atoms with Crippen LogP contribution in [0.2, 0.25) is 13.1 Å². The van der Waals surface area contributed by atoms with Gasteiger partial charge in [0.25, 0.3) is 6.33 Å². The highest BCUT2D eigenvalue weighted by molar-refractivity contribution is 7.02. The Bertz CT molecular complexity index is 2900. The molecule has 0 unspecified atom stereocenters. The second kappa shape index (κ2) is 11.8. The number of hydrogen-bond acceptors (Lipinski definition) is 4. The summed E-state index contributed by atoms with van der Waals surface area (Å²) in [5.41, 5.74) is 12.9. The van der Waals surface area contributed by atoms with Crippen molar-refractivity contribution in [3.63, 3.8) is 0 Å². The van der Waals surface area contributed by atoms with E-state index in [4.69, 9.17) is 9.72 Å². The Kier molecular flexibility index (Phi) is 6.96. The largest absolute Gasteiger partial charge is 0.458 e. The zero-order valence-corrected chi connectivity index (χ0v) is 33.2. The third-order valence-electron chi connectivity index (χ3n) is 12.0. The van der Waals surface area contributed by atoms with Crippen LogP contribution in [0.15, 0.2) is 152 Å². The highest BCUT2D eigenvalue weighted by Gasteiger charge is 2.48. The van der Waals surface area contributed by atoms with Gasteiger partial charge in [-0.05, 0) is 87.0 Å². The molecular formula is C48H40BN5OSi. The molecule has 6 aromatic carbocycles. The van der Waals surface area contributed by atoms with Gasteiger partial charge < -0.3 is 14.4 Å². The number of pyridine rings is 1. The van der Waals surface area contributed by atoms with Crippen molar-refractivity contribution < 1.29 is 9.30 Å². The summed E-state index contributed by atoms with van der Waals surface area (Å²) in [6.07, 6.45) is 5.68. The quantitative estimate of drug-likeness (QED) is 0.103. The molecular weight excluding hydrogens is 701 g/mol. The molecule has 0 amide bonds. The van der Waals surface area contributed by atoms with Crippen LogP contribution < -0.4 is 34.8 Å². The maximum atomic E-state index is 6.88. The van der Waals surface area contributed by atoms with Gasteiger partial charge >= 0.3 is 6.98 Å². The first-order valence-electron chi connectivity index (χ1n) is 19.4. The van der Waals surface area contributed by atoms with Crippen LogP contribution in [0.5, 0.6) is 11.5 Å². The molecule has 0 saturated heterocycles. The van der Waals surface area contributed by atoms with Gasteiger partial charge in [0.05, 0.1) is 33.8 Å². The monoisotopic (exact) mass is 741 g/mol. The third kappa shape index (κ3) is 4.75. The summed E-state index contributed by atoms with van der Waals surface area (Å²) in [7, 11) is -2.05. The first-order chi connectivity index (χ1) is 27.2. The number of para-hydroxylation sites is 3. The number of nitrogens with zero attached hydrogens (tertiary/aromatic N) is 5. The van der Waals surface area contributed by atoms with Gasteiger partial charge in [-0.25, -0.2) is 4.98 Å². The zero-order chi connectivity index (χ0) is 37.9. The van der Waals surface area contributed by atoms with Gasteiger partial charge in [0.2, 0.25) is 0 Å². The van der Waals surface area contributed by atoms with E-state index < -0.39 is 8.07 Å². The number of anilines is 4. The van der Waals surface area contributed by atoms with Crippen molar-refractivity contribution >= 4 is 64.8 Å². The van der Waals surface area contributed by atoms with E-state index in [1.165, 1.54) is 43.7 Å². The van der Waals surface area contributed by atoms with Gasteiger partial charge in [-0.2, -0.15) is 0 Å². The number of aromatic nitrogens is 3. The van der Waals surface area contributed by atoms with Crippen molar-refractivity contribution in [2.45, 2.75) is 39.3 Å². The molecule has 3 aliphatic heterocycles. The first kappa shape index (κ1) is 33.0. The molecule has 8 aromatic rings. The Balaban J connectivity index is 1.05. The Labute approximate surface area is 329 Å². The van der Waals surface area contributed by atoms with Crippen molar-refractivity contribution in [2.24, 2.45) is 0 Å². The fourth-order valence-corrected chi connectivity index (χ4v) is 12.2. The molecule has 0 radical (unpaired) electrons. The average molecular weight is 742 g/mol. The molecule has 0 N–H and O–H groups in total. The molecule has 5 heterocycles. The molecule has 56 heavy (non-hydrogen) atoms. The van der Waals surface area contributed by atoms with Crippen LogP contribution in [0.1, 0.15) is 26.3 Å². The topological polar surface area (TPSA) is 37.4 Å². The Hall–Kier alpha value is -6.38. The second-order valence-electron chi connectivity index (χ2n) is 16.7. The van der Waals surface area contributed by atoms with Crippen LogP contribution in [-0.4, -0.2) is 24.6 Å². The van der Waals surface area contributed by atoms with Crippen molar-refractivity contribution in [3.05, 3.63) is 164 Å². The summed E-state index contributed by atoms with van der Waals surface area (Å²) in [6, 6.07) is 52.3. The summed E-state index contributed by atoms with van der Waals surface area (Å²) < 4.78 is 11.3. The third-order valence-corrected chi connectivity index (χ3v) is 15.5. The number of fused-ring (bicyclic) bond motifs is 10. The van der Waals surface area contributed by atoms with E-state index in [0.29, 0.717) is 0 Å². The second-order valence-corrected chi connectivity index (χ2v) is 21.0. The van der Waals surface area contributed by atoms with E-state index in [1.807, 2.05) is 6.20 Å². The Morgan fingerprint density at radius 1 is 0.643 bits per heavy atom. The number of benzene rings is 6. The van der Waals surface area contributed by atoms with E-state index in [0.717, 1.165) is 45.6 Å². The van der Waals surface area contributed by atoms with Gasteiger partial charge in [-0.1, -0.05) is 119 Å². The van der Waals surface area contributed by atoms with Crippen LogP contribution in [-0.2, 0) is 5.41 Å². The van der Waals surface area contributed by atoms with Crippen LogP contribution >= 0.6 is 0 Å². The molecule has 0 bridgehead atoms. The van der Waals surface area contributed by atoms with Gasteiger partial charge in [0.1, 0.15) is 25.4 Å². The number of imidazole rings is 1. The molecule has 11 rings (SSSR count). The van der Waals surface area contributed by atoms with Crippen LogP contribution in [0.4, 0.5) is 22.9 Å². The summed E-state index contributed by atoms with van der Waals surface area (Å²) in [6.45, 7) is 11.6. The van der Waals surface area contributed by atoms with Gasteiger partial charge in [-0.15, -0.1) is 0 Å². The first-order valence-corrected chi connectivity index (χ1v) is 22.4. The normalized spacial score (nSPS) is 14.6. The summed E-state index contributed by atoms with van der Waals surface area (Å²) in [5.74, 6) is 2.48. The lowest BCUT2D eigenvalue weighted by atomic mass is 9.59. The zero-order valence-electron chi connectivity index (χ0n) is 32.2. The van der Waals surface area contributed by atoms with Crippen molar-refractivity contribution in [3.8, 4) is 34.0 Å². The van der Waals surface area contributed by atoms with E-state index in [9.17, 15) is 0 Å². The molecule has 3 aliphatic rings. The molecule has 0 fully saturated rings. The fourth-order valence-electron chi connectivity index (χ4n) is 9.20. The molecule has 0 spiro atoms. The lowest BCUT2D eigenvalue weighted by Gasteiger charge is -2.36. The number of ether oxygens (including phenoxy) is 1. The minimum atomic E-state index is -2.05. The Morgan fingerprint density at radius 3 is 2.20 bits per heavy atom. The average Bonchev–Trinajstić information content (AvgIpc) is 3.78. The van der Waals surface area contributed by atoms with Crippen molar-refractivity contribution in [1.29, 1.82) is 0 Å². The predicted octanol–water partition coefficient (Wildman–Crippen LogP) is 8.99. The molecule has 0 atom stereocenters. The number of hydrogen-bond donors (Lipinski definition) is 0. The highest BCUT2D eigenvalue weighted by atomic mass is 28.3. The van der Waals surface area contributed by atoms with Crippen LogP contribution in [0.3, 0.4) is 0 Å². The van der Waals surface area contributed by atoms with Gasteiger partial charge in [0.15, 0.2) is 0 Å². The van der Waals surface area contributed by atoms with Gasteiger partial charge in [-0.3, -0.25) is 9.13 Å². The molecule has 270 valence electrons. The van der Waals surface area contributed by atoms with E-state index in [2.05, 4.69) is 205 Å². The maximum absolute atomic E-state index is 6.88. The molecule has 0 aliphatic carbocycles. The molecule has 8 heteroatoms. The van der Waals surface area contributed by atoms with Gasteiger partial charge in [0, 0.05) is 23.5 Å². The van der Waals surface area contributed by atoms with E-state index in [1.54, 1.807) is 0 Å². The molecule has 2 aromatic heterocycles. The lowest BCUT2D eigenvalue weighted by Crippen LogP contribution is -2.57. The fraction of sp³-hybridized carbons (Fsp3) is 0.125. The van der Waals surface area contributed by atoms with Crippen molar-refractivity contribution in [2.75, 3.05) is 9.62 Å². The minimum absolute atomic E-state index is 0.0323. The lowest BCUT2D eigenvalue weighted by molar-refractivity contribution is -0.572. The van der Waals surface area contributed by atoms with Crippen molar-refractivity contribution in [1.82, 2.24) is 9.55 Å². The summed E-state index contributed by atoms with van der Waals surface area (Å²) in [4.78, 5) is 9.92.